The van der Waals surface area contributed by atoms with Crippen molar-refractivity contribution >= 4 is 38.9 Å². The molecule has 0 saturated heterocycles. The summed E-state index contributed by atoms with van der Waals surface area (Å²) in [6.45, 7) is 2.66. The van der Waals surface area contributed by atoms with Crippen LogP contribution in [-0.4, -0.2) is 13.5 Å². The Morgan fingerprint density at radius 1 is 1.24 bits per heavy atom. The molecule has 0 radical (unpaired) electrons. The van der Waals surface area contributed by atoms with E-state index in [1.165, 1.54) is 13.0 Å². The predicted molar refractivity (Wildman–Crippen MR) is 81.4 cm³/mol. The highest BCUT2D eigenvalue weighted by molar-refractivity contribution is 7.92. The van der Waals surface area contributed by atoms with Crippen LogP contribution in [0.15, 0.2) is 27.5 Å². The first-order valence-corrected chi connectivity index (χ1v) is 8.18. The molecule has 1 heterocycles. The normalized spacial score (nSPS) is 11.7. The first-order chi connectivity index (χ1) is 9.77. The van der Waals surface area contributed by atoms with Crippen LogP contribution in [0.3, 0.4) is 0 Å². The topological polar surface area (TPSA) is 79.5 Å². The van der Waals surface area contributed by atoms with E-state index in [9.17, 15) is 13.5 Å². The van der Waals surface area contributed by atoms with Gasteiger partial charge in [-0.1, -0.05) is 29.3 Å². The molecular weight excluding hydrogens is 337 g/mol. The van der Waals surface area contributed by atoms with Crippen LogP contribution in [-0.2, 0) is 16.6 Å². The quantitative estimate of drug-likeness (QED) is 0.885. The summed E-state index contributed by atoms with van der Waals surface area (Å²) in [7, 11) is -3.95. The van der Waals surface area contributed by atoms with Crippen molar-refractivity contribution in [1.82, 2.24) is 0 Å². The van der Waals surface area contributed by atoms with E-state index < -0.39 is 16.6 Å². The Kier molecular flexibility index (Phi) is 4.53. The van der Waals surface area contributed by atoms with Gasteiger partial charge in [-0.2, -0.15) is 0 Å². The Morgan fingerprint density at radius 3 is 2.52 bits per heavy atom. The molecule has 0 spiro atoms. The van der Waals surface area contributed by atoms with Crippen LogP contribution >= 0.6 is 23.2 Å². The van der Waals surface area contributed by atoms with Crippen molar-refractivity contribution < 1.29 is 17.9 Å². The van der Waals surface area contributed by atoms with Crippen LogP contribution in [0.2, 0.25) is 10.0 Å². The van der Waals surface area contributed by atoms with E-state index >= 15 is 0 Å². The molecule has 8 heteroatoms. The van der Waals surface area contributed by atoms with E-state index in [0.717, 1.165) is 0 Å². The summed E-state index contributed by atoms with van der Waals surface area (Å²) in [4.78, 5) is -0.0847. The lowest BCUT2D eigenvalue weighted by Gasteiger charge is -2.10. The van der Waals surface area contributed by atoms with Gasteiger partial charge in [0.25, 0.3) is 10.0 Å². The smallest absolute Gasteiger partial charge is 0.265 e. The van der Waals surface area contributed by atoms with Gasteiger partial charge < -0.3 is 9.52 Å². The minimum Gasteiger partial charge on any atom is -0.465 e. The molecule has 2 aromatic rings. The Hall–Kier alpha value is -1.21. The number of aryl methyl sites for hydroxylation is 2. The maximum Gasteiger partial charge on any atom is 0.265 e. The van der Waals surface area contributed by atoms with E-state index in [-0.39, 0.29) is 32.0 Å². The molecule has 0 aliphatic carbocycles. The van der Waals surface area contributed by atoms with Gasteiger partial charge in [0, 0.05) is 5.56 Å². The fourth-order valence-electron chi connectivity index (χ4n) is 2.02. The highest BCUT2D eigenvalue weighted by Gasteiger charge is 2.27. The lowest BCUT2D eigenvalue weighted by atomic mass is 10.2. The van der Waals surface area contributed by atoms with Gasteiger partial charge in [-0.25, -0.2) is 8.42 Å². The fraction of sp³-hybridized carbons (Fsp3) is 0.231. The zero-order valence-corrected chi connectivity index (χ0v) is 13.6. The zero-order valence-electron chi connectivity index (χ0n) is 11.3. The molecule has 0 fully saturated rings. The number of aliphatic hydroxyl groups is 1. The summed E-state index contributed by atoms with van der Waals surface area (Å²) in [5.41, 5.74) is 0.379. The molecule has 0 atom stereocenters. The second-order valence-electron chi connectivity index (χ2n) is 4.39. The average molecular weight is 350 g/mol. The largest absolute Gasteiger partial charge is 0.465 e. The van der Waals surface area contributed by atoms with Crippen LogP contribution in [0, 0.1) is 13.8 Å². The standard InChI is InChI=1S/C13H13Cl2NO4S/c1-7-9(6-17)13(8(2)20-7)21(18,19)16-11-5-3-4-10(14)12(11)15/h3-5,16-17H,6H2,1-2H3. The minimum absolute atomic E-state index is 0.0847. The van der Waals surface area contributed by atoms with Crippen LogP contribution in [0.5, 0.6) is 0 Å². The van der Waals surface area contributed by atoms with Crippen molar-refractivity contribution in [2.75, 3.05) is 4.72 Å². The Morgan fingerprint density at radius 2 is 1.90 bits per heavy atom. The van der Waals surface area contributed by atoms with Gasteiger partial charge in [-0.05, 0) is 26.0 Å². The summed E-state index contributed by atoms with van der Waals surface area (Å²) in [6, 6.07) is 4.62. The van der Waals surface area contributed by atoms with Gasteiger partial charge in [-0.3, -0.25) is 4.72 Å². The van der Waals surface area contributed by atoms with Crippen LogP contribution < -0.4 is 4.72 Å². The number of sulfonamides is 1. The summed E-state index contributed by atoms with van der Waals surface area (Å²) < 4.78 is 32.6. The number of anilines is 1. The lowest BCUT2D eigenvalue weighted by Crippen LogP contribution is -2.15. The van der Waals surface area contributed by atoms with E-state index in [0.29, 0.717) is 5.76 Å². The van der Waals surface area contributed by atoms with Crippen molar-refractivity contribution in [3.63, 3.8) is 0 Å². The number of hydrogen-bond acceptors (Lipinski definition) is 4. The average Bonchev–Trinajstić information content (AvgIpc) is 2.69. The summed E-state index contributed by atoms with van der Waals surface area (Å²) in [5, 5.41) is 9.68. The highest BCUT2D eigenvalue weighted by Crippen LogP contribution is 2.33. The first-order valence-electron chi connectivity index (χ1n) is 5.94. The molecule has 0 unspecified atom stereocenters. The third-order valence-electron chi connectivity index (χ3n) is 2.95. The number of rotatable bonds is 4. The second kappa shape index (κ2) is 5.88. The second-order valence-corrected chi connectivity index (χ2v) is 6.79. The number of furan rings is 1. The molecule has 0 amide bonds. The molecule has 5 nitrogen and oxygen atoms in total. The Balaban J connectivity index is 2.51. The monoisotopic (exact) mass is 349 g/mol. The van der Waals surface area contributed by atoms with Gasteiger partial charge in [0.05, 0.1) is 22.3 Å². The van der Waals surface area contributed by atoms with E-state index in [4.69, 9.17) is 27.6 Å². The molecule has 1 aromatic carbocycles. The van der Waals surface area contributed by atoms with Gasteiger partial charge in [-0.15, -0.1) is 0 Å². The van der Waals surface area contributed by atoms with E-state index in [1.54, 1.807) is 19.1 Å². The van der Waals surface area contributed by atoms with Crippen molar-refractivity contribution in [2.24, 2.45) is 0 Å². The molecule has 0 bridgehead atoms. The van der Waals surface area contributed by atoms with Crippen molar-refractivity contribution in [3.05, 3.63) is 45.3 Å². The van der Waals surface area contributed by atoms with Crippen LogP contribution in [0.25, 0.3) is 0 Å². The summed E-state index contributed by atoms with van der Waals surface area (Å²) in [6.07, 6.45) is 0. The molecule has 114 valence electrons. The molecule has 2 N–H and O–H groups in total. The Bertz CT molecular complexity index is 784. The third-order valence-corrected chi connectivity index (χ3v) is 5.33. The van der Waals surface area contributed by atoms with Gasteiger partial charge >= 0.3 is 0 Å². The predicted octanol–water partition coefficient (Wildman–Crippen LogP) is 3.50. The SMILES string of the molecule is Cc1oc(C)c(S(=O)(=O)Nc2cccc(Cl)c2Cl)c1CO. The number of halogens is 2. The zero-order chi connectivity index (χ0) is 15.8. The molecule has 0 aliphatic rings. The van der Waals surface area contributed by atoms with E-state index in [2.05, 4.69) is 4.72 Å². The molecule has 2 rings (SSSR count). The van der Waals surface area contributed by atoms with Crippen LogP contribution in [0.4, 0.5) is 5.69 Å². The van der Waals surface area contributed by atoms with Gasteiger partial charge in [0.1, 0.15) is 16.4 Å². The summed E-state index contributed by atoms with van der Waals surface area (Å²) in [5.74, 6) is 0.551. The molecular formula is C13H13Cl2NO4S. The maximum absolute atomic E-state index is 12.5. The molecule has 21 heavy (non-hydrogen) atoms. The lowest BCUT2D eigenvalue weighted by molar-refractivity contribution is 0.276. The minimum atomic E-state index is -3.95. The third kappa shape index (κ3) is 3.03. The molecule has 1 aromatic heterocycles. The number of benzene rings is 1. The molecule has 0 saturated carbocycles. The maximum atomic E-state index is 12.5. The van der Waals surface area contributed by atoms with Crippen molar-refractivity contribution in [1.29, 1.82) is 0 Å². The van der Waals surface area contributed by atoms with Gasteiger partial charge in [0.15, 0.2) is 0 Å². The van der Waals surface area contributed by atoms with E-state index in [1.807, 2.05) is 0 Å². The highest BCUT2D eigenvalue weighted by atomic mass is 35.5. The van der Waals surface area contributed by atoms with Crippen molar-refractivity contribution in [3.8, 4) is 0 Å². The summed E-state index contributed by atoms with van der Waals surface area (Å²) >= 11 is 11.8. The number of aliphatic hydroxyl groups excluding tert-OH is 1. The fourth-order valence-corrected chi connectivity index (χ4v) is 3.94. The van der Waals surface area contributed by atoms with Gasteiger partial charge in [0.2, 0.25) is 0 Å². The number of nitrogens with one attached hydrogen (secondary N) is 1. The molecule has 0 aliphatic heterocycles. The number of hydrogen-bond donors (Lipinski definition) is 2. The van der Waals surface area contributed by atoms with Crippen LogP contribution in [0.1, 0.15) is 17.1 Å². The first kappa shape index (κ1) is 16.2. The Labute approximate surface area is 132 Å². The van der Waals surface area contributed by atoms with Crippen molar-refractivity contribution in [2.45, 2.75) is 25.3 Å².